The molecule has 104 valence electrons. The maximum atomic E-state index is 4.57. The van der Waals surface area contributed by atoms with E-state index in [0.717, 1.165) is 36.8 Å². The maximum absolute atomic E-state index is 4.57. The Kier molecular flexibility index (Phi) is 3.56. The van der Waals surface area contributed by atoms with Crippen LogP contribution in [0.3, 0.4) is 0 Å². The monoisotopic (exact) mass is 270 g/mol. The Balaban J connectivity index is 1.83. The second-order valence-electron chi connectivity index (χ2n) is 5.17. The number of likely N-dealkylation sites (tertiary alicyclic amines) is 1. The molecular formula is C14H18N6. The van der Waals surface area contributed by atoms with Crippen LogP contribution in [0.4, 0.5) is 11.8 Å². The highest BCUT2D eigenvalue weighted by atomic mass is 15.1. The molecular weight excluding hydrogens is 252 g/mol. The Labute approximate surface area is 118 Å². The van der Waals surface area contributed by atoms with Gasteiger partial charge in [-0.05, 0) is 33.0 Å². The third kappa shape index (κ3) is 2.91. The third-order valence-corrected chi connectivity index (χ3v) is 3.47. The normalized spacial score (nSPS) is 19.2. The Hall–Kier alpha value is -2.08. The summed E-state index contributed by atoms with van der Waals surface area (Å²) < 4.78 is 0. The highest BCUT2D eigenvalue weighted by Gasteiger charge is 2.23. The highest BCUT2D eigenvalue weighted by molar-refractivity contribution is 5.48. The van der Waals surface area contributed by atoms with Crippen LogP contribution >= 0.6 is 0 Å². The van der Waals surface area contributed by atoms with Crippen molar-refractivity contribution in [3.05, 3.63) is 36.0 Å². The van der Waals surface area contributed by atoms with Gasteiger partial charge in [0.2, 0.25) is 5.95 Å². The van der Waals surface area contributed by atoms with Gasteiger partial charge in [-0.1, -0.05) is 0 Å². The van der Waals surface area contributed by atoms with Gasteiger partial charge >= 0.3 is 0 Å². The summed E-state index contributed by atoms with van der Waals surface area (Å²) in [6.45, 7) is 4.09. The van der Waals surface area contributed by atoms with Gasteiger partial charge in [-0.15, -0.1) is 0 Å². The molecule has 0 amide bonds. The number of nitrogens with one attached hydrogen (secondary N) is 1. The van der Waals surface area contributed by atoms with Crippen LogP contribution in [0.2, 0.25) is 0 Å². The van der Waals surface area contributed by atoms with Gasteiger partial charge in [0, 0.05) is 30.9 Å². The van der Waals surface area contributed by atoms with Crippen molar-refractivity contribution in [2.45, 2.75) is 19.3 Å². The lowest BCUT2D eigenvalue weighted by atomic mass is 10.0. The van der Waals surface area contributed by atoms with E-state index in [2.05, 4.69) is 37.2 Å². The molecule has 0 saturated carbocycles. The predicted octanol–water partition coefficient (Wildman–Crippen LogP) is 1.74. The summed E-state index contributed by atoms with van der Waals surface area (Å²) in [4.78, 5) is 19.6. The largest absolute Gasteiger partial charge is 0.309 e. The van der Waals surface area contributed by atoms with Gasteiger partial charge in [0.1, 0.15) is 11.6 Å². The van der Waals surface area contributed by atoms with Gasteiger partial charge in [-0.2, -0.15) is 0 Å². The minimum absolute atomic E-state index is 0.485. The number of nitrogens with zero attached hydrogens (tertiary/aromatic N) is 5. The van der Waals surface area contributed by atoms with Crippen LogP contribution in [0.1, 0.15) is 23.9 Å². The lowest BCUT2D eigenvalue weighted by Gasteiger charge is -2.12. The molecule has 1 saturated heterocycles. The van der Waals surface area contributed by atoms with Crippen molar-refractivity contribution in [1.29, 1.82) is 0 Å². The van der Waals surface area contributed by atoms with Crippen molar-refractivity contribution < 1.29 is 0 Å². The molecule has 1 unspecified atom stereocenters. The molecule has 3 heterocycles. The zero-order chi connectivity index (χ0) is 13.9. The molecule has 1 fully saturated rings. The summed E-state index contributed by atoms with van der Waals surface area (Å²) in [5.74, 6) is 2.57. The van der Waals surface area contributed by atoms with E-state index in [-0.39, 0.29) is 0 Å². The topological polar surface area (TPSA) is 66.8 Å². The number of rotatable bonds is 3. The fraction of sp³-hybridized carbons (Fsp3) is 0.429. The van der Waals surface area contributed by atoms with Crippen LogP contribution in [0.5, 0.6) is 0 Å². The molecule has 0 radical (unpaired) electrons. The molecule has 6 heteroatoms. The average molecular weight is 270 g/mol. The summed E-state index contributed by atoms with van der Waals surface area (Å²) >= 11 is 0. The summed E-state index contributed by atoms with van der Waals surface area (Å²) in [6, 6.07) is 3.80. The zero-order valence-electron chi connectivity index (χ0n) is 11.7. The Morgan fingerprint density at radius 1 is 1.25 bits per heavy atom. The molecule has 1 aliphatic heterocycles. The SMILES string of the molecule is Cc1nc(Nc2ncccn2)cc(C2CCN(C)C2)n1. The first kappa shape index (κ1) is 12.9. The van der Waals surface area contributed by atoms with Crippen molar-refractivity contribution >= 4 is 11.8 Å². The Bertz CT molecular complexity index is 585. The fourth-order valence-corrected chi connectivity index (χ4v) is 2.52. The first-order chi connectivity index (χ1) is 9.70. The predicted molar refractivity (Wildman–Crippen MR) is 76.9 cm³/mol. The van der Waals surface area contributed by atoms with Crippen molar-refractivity contribution in [1.82, 2.24) is 24.8 Å². The summed E-state index contributed by atoms with van der Waals surface area (Å²) in [5, 5.41) is 3.13. The molecule has 0 aliphatic carbocycles. The zero-order valence-corrected chi connectivity index (χ0v) is 11.7. The highest BCUT2D eigenvalue weighted by Crippen LogP contribution is 2.26. The van der Waals surface area contributed by atoms with Crippen molar-refractivity contribution in [2.75, 3.05) is 25.5 Å². The molecule has 2 aromatic rings. The maximum Gasteiger partial charge on any atom is 0.228 e. The van der Waals surface area contributed by atoms with Gasteiger partial charge < -0.3 is 10.2 Å². The van der Waals surface area contributed by atoms with Crippen LogP contribution < -0.4 is 5.32 Å². The fourth-order valence-electron chi connectivity index (χ4n) is 2.52. The third-order valence-electron chi connectivity index (χ3n) is 3.47. The Morgan fingerprint density at radius 2 is 2.05 bits per heavy atom. The second kappa shape index (κ2) is 5.50. The molecule has 0 spiro atoms. The Morgan fingerprint density at radius 3 is 2.75 bits per heavy atom. The van der Waals surface area contributed by atoms with Gasteiger partial charge in [-0.25, -0.2) is 19.9 Å². The van der Waals surface area contributed by atoms with E-state index in [9.17, 15) is 0 Å². The number of aryl methyl sites for hydroxylation is 1. The first-order valence-corrected chi connectivity index (χ1v) is 6.79. The minimum atomic E-state index is 0.485. The van der Waals surface area contributed by atoms with E-state index in [4.69, 9.17) is 0 Å². The molecule has 3 rings (SSSR count). The van der Waals surface area contributed by atoms with Gasteiger partial charge in [0.05, 0.1) is 5.69 Å². The molecule has 20 heavy (non-hydrogen) atoms. The number of anilines is 2. The van der Waals surface area contributed by atoms with Crippen molar-refractivity contribution in [2.24, 2.45) is 0 Å². The lowest BCUT2D eigenvalue weighted by molar-refractivity contribution is 0.410. The first-order valence-electron chi connectivity index (χ1n) is 6.79. The quantitative estimate of drug-likeness (QED) is 0.916. The molecule has 0 bridgehead atoms. The van der Waals surface area contributed by atoms with E-state index in [1.54, 1.807) is 18.5 Å². The van der Waals surface area contributed by atoms with Crippen LogP contribution in [-0.2, 0) is 0 Å². The standard InChI is InChI=1S/C14H18N6/c1-10-17-12(11-4-7-20(2)9-11)8-13(18-10)19-14-15-5-3-6-16-14/h3,5-6,8,11H,4,7,9H2,1-2H3,(H,15,16,17,18,19). The van der Waals surface area contributed by atoms with E-state index < -0.39 is 0 Å². The molecule has 6 nitrogen and oxygen atoms in total. The number of likely N-dealkylation sites (N-methyl/N-ethyl adjacent to an activating group) is 1. The van der Waals surface area contributed by atoms with Crippen LogP contribution in [-0.4, -0.2) is 45.0 Å². The number of hydrogen-bond donors (Lipinski definition) is 1. The number of aromatic nitrogens is 4. The van der Waals surface area contributed by atoms with Crippen molar-refractivity contribution in [3.8, 4) is 0 Å². The van der Waals surface area contributed by atoms with Gasteiger partial charge in [0.25, 0.3) is 0 Å². The average Bonchev–Trinajstić information content (AvgIpc) is 2.86. The van der Waals surface area contributed by atoms with E-state index in [0.29, 0.717) is 11.9 Å². The molecule has 0 aromatic carbocycles. The minimum Gasteiger partial charge on any atom is -0.309 e. The summed E-state index contributed by atoms with van der Waals surface area (Å²) in [7, 11) is 2.14. The van der Waals surface area contributed by atoms with E-state index >= 15 is 0 Å². The summed E-state index contributed by atoms with van der Waals surface area (Å²) in [5.41, 5.74) is 1.10. The van der Waals surface area contributed by atoms with Crippen molar-refractivity contribution in [3.63, 3.8) is 0 Å². The molecule has 2 aromatic heterocycles. The van der Waals surface area contributed by atoms with Gasteiger partial charge in [0.15, 0.2) is 0 Å². The smallest absolute Gasteiger partial charge is 0.228 e. The molecule has 1 atom stereocenters. The van der Waals surface area contributed by atoms with Gasteiger partial charge in [-0.3, -0.25) is 0 Å². The van der Waals surface area contributed by atoms with Crippen LogP contribution in [0, 0.1) is 6.92 Å². The van der Waals surface area contributed by atoms with E-state index in [1.165, 1.54) is 0 Å². The summed E-state index contributed by atoms with van der Waals surface area (Å²) in [6.07, 6.45) is 4.56. The van der Waals surface area contributed by atoms with E-state index in [1.807, 2.05) is 13.0 Å². The van der Waals surface area contributed by atoms with Crippen LogP contribution in [0.15, 0.2) is 24.5 Å². The second-order valence-corrected chi connectivity index (χ2v) is 5.17. The number of hydrogen-bond acceptors (Lipinski definition) is 6. The van der Waals surface area contributed by atoms with Crippen LogP contribution in [0.25, 0.3) is 0 Å². The molecule has 1 aliphatic rings. The lowest BCUT2D eigenvalue weighted by Crippen LogP contribution is -2.14. The molecule has 1 N–H and O–H groups in total.